The maximum Gasteiger partial charge on any atom is 0.291 e. The van der Waals surface area contributed by atoms with Gasteiger partial charge in [-0.25, -0.2) is 9.50 Å². The first kappa shape index (κ1) is 18.6. The minimum absolute atomic E-state index is 0. The fraction of sp³-hybridized carbons (Fsp3) is 0.455. The number of aryl methyl sites for hydroxylation is 2. The van der Waals surface area contributed by atoms with E-state index < -0.39 is 0 Å². The zero-order valence-corrected chi connectivity index (χ0v) is 13.1. The van der Waals surface area contributed by atoms with Gasteiger partial charge in [0.05, 0.1) is 0 Å². The van der Waals surface area contributed by atoms with E-state index in [0.717, 1.165) is 11.4 Å². The molecule has 0 saturated heterocycles. The molecule has 0 aliphatic carbocycles. The van der Waals surface area contributed by atoms with Gasteiger partial charge in [0.2, 0.25) is 5.82 Å². The van der Waals surface area contributed by atoms with Crippen LogP contribution in [-0.2, 0) is 0 Å². The van der Waals surface area contributed by atoms with Crippen LogP contribution in [0.3, 0.4) is 0 Å². The number of nitrogens with two attached hydrogens (primary N) is 1. The van der Waals surface area contributed by atoms with E-state index in [-0.39, 0.29) is 42.6 Å². The van der Waals surface area contributed by atoms with Crippen molar-refractivity contribution in [3.63, 3.8) is 0 Å². The highest BCUT2D eigenvalue weighted by atomic mass is 35.5. The van der Waals surface area contributed by atoms with E-state index >= 15 is 0 Å². The van der Waals surface area contributed by atoms with Crippen LogP contribution in [0.25, 0.3) is 5.78 Å². The molecule has 0 radical (unpaired) electrons. The van der Waals surface area contributed by atoms with E-state index in [0.29, 0.717) is 12.3 Å². The van der Waals surface area contributed by atoms with E-state index in [1.165, 1.54) is 0 Å². The normalized spacial score (nSPS) is 11.4. The first-order valence-electron chi connectivity index (χ1n) is 5.73. The topological polar surface area (TPSA) is 98.2 Å². The van der Waals surface area contributed by atoms with Gasteiger partial charge in [-0.15, -0.1) is 29.9 Å². The number of carbonyl (C=O) groups excluding carboxylic acids is 1. The van der Waals surface area contributed by atoms with Crippen LogP contribution in [0.15, 0.2) is 6.07 Å². The first-order valence-corrected chi connectivity index (χ1v) is 5.73. The van der Waals surface area contributed by atoms with Crippen molar-refractivity contribution in [2.45, 2.75) is 26.8 Å². The highest BCUT2D eigenvalue weighted by Gasteiger charge is 2.16. The molecule has 0 fully saturated rings. The van der Waals surface area contributed by atoms with Crippen molar-refractivity contribution in [3.8, 4) is 0 Å². The Morgan fingerprint density at radius 3 is 2.65 bits per heavy atom. The summed E-state index contributed by atoms with van der Waals surface area (Å²) in [6.45, 7) is 5.95. The molecule has 20 heavy (non-hydrogen) atoms. The molecule has 9 heteroatoms. The quantitative estimate of drug-likeness (QED) is 0.865. The van der Waals surface area contributed by atoms with Gasteiger partial charge in [0.1, 0.15) is 0 Å². The number of carbonyl (C=O) groups is 1. The lowest BCUT2D eigenvalue weighted by molar-refractivity contribution is 0.0931. The van der Waals surface area contributed by atoms with Crippen LogP contribution in [0.5, 0.6) is 0 Å². The highest BCUT2D eigenvalue weighted by molar-refractivity contribution is 5.91. The summed E-state index contributed by atoms with van der Waals surface area (Å²) in [4.78, 5) is 20.2. The molecule has 0 saturated carbocycles. The summed E-state index contributed by atoms with van der Waals surface area (Å²) < 4.78 is 1.55. The SMILES string of the molecule is Cc1cc(C)n2nc(C(=O)N[C@@H](C)CN)nc2n1.Cl.Cl. The molecule has 0 aliphatic heterocycles. The minimum Gasteiger partial charge on any atom is -0.346 e. The Bertz CT molecular complexity index is 600. The van der Waals surface area contributed by atoms with Gasteiger partial charge in [-0.05, 0) is 26.8 Å². The molecule has 0 spiro atoms. The summed E-state index contributed by atoms with van der Waals surface area (Å²) in [6.07, 6.45) is 0. The number of rotatable bonds is 3. The summed E-state index contributed by atoms with van der Waals surface area (Å²) in [5.41, 5.74) is 7.17. The maximum absolute atomic E-state index is 11.8. The van der Waals surface area contributed by atoms with Gasteiger partial charge >= 0.3 is 0 Å². The van der Waals surface area contributed by atoms with Gasteiger partial charge in [-0.1, -0.05) is 0 Å². The predicted molar refractivity (Wildman–Crippen MR) is 80.7 cm³/mol. The third kappa shape index (κ3) is 3.78. The number of halogens is 2. The Morgan fingerprint density at radius 1 is 1.40 bits per heavy atom. The lowest BCUT2D eigenvalue weighted by Gasteiger charge is -2.08. The number of hydrogen-bond donors (Lipinski definition) is 2. The Balaban J connectivity index is 0.00000180. The smallest absolute Gasteiger partial charge is 0.291 e. The van der Waals surface area contributed by atoms with E-state index in [1.807, 2.05) is 26.8 Å². The van der Waals surface area contributed by atoms with Gasteiger partial charge in [0.25, 0.3) is 11.7 Å². The maximum atomic E-state index is 11.8. The van der Waals surface area contributed by atoms with Crippen LogP contribution < -0.4 is 11.1 Å². The largest absolute Gasteiger partial charge is 0.346 e. The molecular formula is C11H18Cl2N6O. The van der Waals surface area contributed by atoms with Crippen LogP contribution >= 0.6 is 24.8 Å². The molecule has 2 heterocycles. The molecule has 3 N–H and O–H groups in total. The summed E-state index contributed by atoms with van der Waals surface area (Å²) in [5, 5.41) is 6.84. The predicted octanol–water partition coefficient (Wildman–Crippen LogP) is 0.662. The number of hydrogen-bond acceptors (Lipinski definition) is 5. The molecule has 2 aromatic rings. The second kappa shape index (κ2) is 7.37. The standard InChI is InChI=1S/C11H16N6O.2ClH/c1-6-4-8(3)17-11(14-6)15-9(16-17)10(18)13-7(2)5-12;;/h4,7H,5,12H2,1-3H3,(H,13,18);2*1H/t7-;;/m0../s1. The molecule has 1 amide bonds. The molecule has 0 aromatic carbocycles. The summed E-state index contributed by atoms with van der Waals surface area (Å²) in [7, 11) is 0. The molecule has 7 nitrogen and oxygen atoms in total. The fourth-order valence-electron chi connectivity index (χ4n) is 1.61. The Morgan fingerprint density at radius 2 is 2.05 bits per heavy atom. The van der Waals surface area contributed by atoms with Gasteiger partial charge in [-0.3, -0.25) is 4.79 Å². The van der Waals surface area contributed by atoms with Crippen LogP contribution in [0, 0.1) is 13.8 Å². The molecule has 2 aromatic heterocycles. The van der Waals surface area contributed by atoms with Gasteiger partial charge in [0.15, 0.2) is 0 Å². The van der Waals surface area contributed by atoms with Gasteiger partial charge < -0.3 is 11.1 Å². The molecule has 0 bridgehead atoms. The van der Waals surface area contributed by atoms with Crippen LogP contribution in [0.2, 0.25) is 0 Å². The Hall–Kier alpha value is -1.44. The Labute approximate surface area is 129 Å². The van der Waals surface area contributed by atoms with E-state index in [9.17, 15) is 4.79 Å². The monoisotopic (exact) mass is 320 g/mol. The third-order valence-electron chi connectivity index (χ3n) is 2.55. The molecule has 112 valence electrons. The van der Waals surface area contributed by atoms with Crippen molar-refractivity contribution in [2.24, 2.45) is 5.73 Å². The fourth-order valence-corrected chi connectivity index (χ4v) is 1.61. The molecule has 2 rings (SSSR count). The number of nitrogens with one attached hydrogen (secondary N) is 1. The third-order valence-corrected chi connectivity index (χ3v) is 2.55. The first-order chi connectivity index (χ1) is 8.51. The lowest BCUT2D eigenvalue weighted by atomic mass is 10.3. The van der Waals surface area contributed by atoms with Crippen molar-refractivity contribution >= 4 is 36.5 Å². The number of aromatic nitrogens is 4. The van der Waals surface area contributed by atoms with E-state index in [2.05, 4.69) is 20.4 Å². The number of amides is 1. The molecule has 0 unspecified atom stereocenters. The van der Waals surface area contributed by atoms with Crippen LogP contribution in [-0.4, -0.2) is 38.1 Å². The molecular weight excluding hydrogens is 303 g/mol. The summed E-state index contributed by atoms with van der Waals surface area (Å²) in [6, 6.07) is 1.77. The average Bonchev–Trinajstić information content (AvgIpc) is 2.72. The lowest BCUT2D eigenvalue weighted by Crippen LogP contribution is -2.38. The van der Waals surface area contributed by atoms with Crippen molar-refractivity contribution in [1.82, 2.24) is 24.9 Å². The zero-order chi connectivity index (χ0) is 13.3. The second-order valence-corrected chi connectivity index (χ2v) is 4.30. The average molecular weight is 321 g/mol. The van der Waals surface area contributed by atoms with E-state index in [4.69, 9.17) is 5.73 Å². The van der Waals surface area contributed by atoms with Crippen LogP contribution in [0.1, 0.15) is 28.9 Å². The van der Waals surface area contributed by atoms with Crippen molar-refractivity contribution in [1.29, 1.82) is 0 Å². The van der Waals surface area contributed by atoms with Crippen molar-refractivity contribution in [2.75, 3.05) is 6.54 Å². The van der Waals surface area contributed by atoms with Crippen molar-refractivity contribution in [3.05, 3.63) is 23.3 Å². The van der Waals surface area contributed by atoms with E-state index in [1.54, 1.807) is 4.52 Å². The summed E-state index contributed by atoms with van der Waals surface area (Å²) in [5.74, 6) is 0.199. The molecule has 1 atom stereocenters. The van der Waals surface area contributed by atoms with Gasteiger partial charge in [0, 0.05) is 24.0 Å². The zero-order valence-electron chi connectivity index (χ0n) is 11.5. The number of fused-ring (bicyclic) bond motifs is 1. The number of nitrogens with zero attached hydrogens (tertiary/aromatic N) is 4. The highest BCUT2D eigenvalue weighted by Crippen LogP contribution is 2.05. The Kier molecular flexibility index (Phi) is 6.84. The second-order valence-electron chi connectivity index (χ2n) is 4.30. The minimum atomic E-state index is -0.337. The van der Waals surface area contributed by atoms with Crippen molar-refractivity contribution < 1.29 is 4.79 Å². The van der Waals surface area contributed by atoms with Crippen LogP contribution in [0.4, 0.5) is 0 Å². The summed E-state index contributed by atoms with van der Waals surface area (Å²) >= 11 is 0. The van der Waals surface area contributed by atoms with Gasteiger partial charge in [-0.2, -0.15) is 4.98 Å². The molecule has 0 aliphatic rings.